The van der Waals surface area contributed by atoms with Gasteiger partial charge in [0.15, 0.2) is 0 Å². The molecule has 25 heavy (non-hydrogen) atoms. The maximum absolute atomic E-state index is 13.0. The van der Waals surface area contributed by atoms with Crippen molar-refractivity contribution in [2.24, 2.45) is 11.3 Å². The highest BCUT2D eigenvalue weighted by Crippen LogP contribution is 2.52. The third kappa shape index (κ3) is 3.16. The molecular formula is C19H25N3O3. The molecule has 1 aromatic rings. The van der Waals surface area contributed by atoms with Gasteiger partial charge in [-0.15, -0.1) is 0 Å². The normalized spacial score (nSPS) is 30.3. The van der Waals surface area contributed by atoms with Gasteiger partial charge in [-0.2, -0.15) is 0 Å². The first-order valence-corrected chi connectivity index (χ1v) is 9.13. The molecule has 6 heteroatoms. The molecule has 1 aliphatic carbocycles. The summed E-state index contributed by atoms with van der Waals surface area (Å²) in [6.07, 6.45) is 3.81. The van der Waals surface area contributed by atoms with Crippen LogP contribution in [0.25, 0.3) is 0 Å². The lowest BCUT2D eigenvalue weighted by atomic mass is 9.81. The number of benzene rings is 1. The number of likely N-dealkylation sites (tertiary alicyclic amines) is 1. The average molecular weight is 343 g/mol. The number of nitrogens with zero attached hydrogens (tertiary/aromatic N) is 1. The maximum atomic E-state index is 13.0. The van der Waals surface area contributed by atoms with Crippen molar-refractivity contribution in [1.82, 2.24) is 15.7 Å². The highest BCUT2D eigenvalue weighted by Gasteiger charge is 2.53. The van der Waals surface area contributed by atoms with E-state index in [-0.39, 0.29) is 11.3 Å². The number of carbonyl (C=O) groups is 2. The zero-order valence-corrected chi connectivity index (χ0v) is 14.3. The van der Waals surface area contributed by atoms with E-state index in [1.54, 1.807) is 5.48 Å². The molecule has 3 aliphatic rings. The molecule has 2 amide bonds. The fourth-order valence-corrected chi connectivity index (χ4v) is 4.42. The van der Waals surface area contributed by atoms with Crippen LogP contribution in [0.1, 0.15) is 37.2 Å². The molecule has 2 saturated heterocycles. The van der Waals surface area contributed by atoms with Gasteiger partial charge in [0, 0.05) is 25.6 Å². The Balaban J connectivity index is 1.45. The van der Waals surface area contributed by atoms with Crippen LogP contribution in [0.5, 0.6) is 0 Å². The van der Waals surface area contributed by atoms with Crippen LogP contribution in [0, 0.1) is 11.3 Å². The van der Waals surface area contributed by atoms with Gasteiger partial charge >= 0.3 is 0 Å². The summed E-state index contributed by atoms with van der Waals surface area (Å²) in [5, 5.41) is 12.4. The average Bonchev–Trinajstić information content (AvgIpc) is 3.22. The summed E-state index contributed by atoms with van der Waals surface area (Å²) in [4.78, 5) is 27.0. The lowest BCUT2D eigenvalue weighted by Crippen LogP contribution is -2.58. The van der Waals surface area contributed by atoms with Crippen molar-refractivity contribution >= 4 is 11.8 Å². The van der Waals surface area contributed by atoms with Gasteiger partial charge in [0.25, 0.3) is 0 Å². The minimum atomic E-state index is -0.534. The Labute approximate surface area is 147 Å². The quantitative estimate of drug-likeness (QED) is 0.570. The van der Waals surface area contributed by atoms with Crippen LogP contribution in [-0.4, -0.2) is 47.6 Å². The van der Waals surface area contributed by atoms with Crippen LogP contribution in [0.3, 0.4) is 0 Å². The van der Waals surface area contributed by atoms with E-state index in [0.29, 0.717) is 18.9 Å². The van der Waals surface area contributed by atoms with E-state index >= 15 is 0 Å². The molecule has 134 valence electrons. The van der Waals surface area contributed by atoms with E-state index in [9.17, 15) is 9.59 Å². The predicted octanol–water partition coefficient (Wildman–Crippen LogP) is 1.27. The molecule has 2 heterocycles. The van der Waals surface area contributed by atoms with E-state index in [0.717, 1.165) is 32.4 Å². The van der Waals surface area contributed by atoms with Gasteiger partial charge in [0.2, 0.25) is 11.8 Å². The van der Waals surface area contributed by atoms with Gasteiger partial charge in [-0.3, -0.25) is 14.8 Å². The van der Waals surface area contributed by atoms with Gasteiger partial charge in [-0.05, 0) is 36.7 Å². The van der Waals surface area contributed by atoms with Crippen LogP contribution in [-0.2, 0) is 9.59 Å². The van der Waals surface area contributed by atoms with Crippen LogP contribution in [0.15, 0.2) is 30.3 Å². The number of rotatable bonds is 3. The molecule has 6 nitrogen and oxygen atoms in total. The zero-order chi connectivity index (χ0) is 17.4. The first-order valence-electron chi connectivity index (χ1n) is 9.13. The number of carbonyl (C=O) groups excluding carboxylic acids is 2. The lowest BCUT2D eigenvalue weighted by molar-refractivity contribution is -0.144. The number of hydrogen-bond donors (Lipinski definition) is 3. The molecule has 1 aromatic carbocycles. The van der Waals surface area contributed by atoms with Crippen LogP contribution < -0.4 is 10.8 Å². The molecule has 1 saturated carbocycles. The van der Waals surface area contributed by atoms with Crippen LogP contribution in [0.4, 0.5) is 0 Å². The van der Waals surface area contributed by atoms with Gasteiger partial charge in [0.1, 0.15) is 0 Å². The molecule has 0 bridgehead atoms. The Kier molecular flexibility index (Phi) is 4.25. The third-order valence-electron chi connectivity index (χ3n) is 6.19. The van der Waals surface area contributed by atoms with Gasteiger partial charge < -0.3 is 10.2 Å². The largest absolute Gasteiger partial charge is 0.341 e. The molecule has 3 atom stereocenters. The molecule has 2 aliphatic heterocycles. The Morgan fingerprint density at radius 3 is 2.68 bits per heavy atom. The fraction of sp³-hybridized carbons (Fsp3) is 0.579. The second kappa shape index (κ2) is 6.42. The summed E-state index contributed by atoms with van der Waals surface area (Å²) in [6, 6.07) is 9.73. The Morgan fingerprint density at radius 2 is 2.00 bits per heavy atom. The Hall–Kier alpha value is -1.92. The smallest absolute Gasteiger partial charge is 0.248 e. The Morgan fingerprint density at radius 1 is 1.24 bits per heavy atom. The van der Waals surface area contributed by atoms with Gasteiger partial charge in [-0.25, -0.2) is 5.48 Å². The molecule has 1 spiro atoms. The van der Waals surface area contributed by atoms with Crippen LogP contribution >= 0.6 is 0 Å². The van der Waals surface area contributed by atoms with Crippen molar-refractivity contribution in [3.05, 3.63) is 35.9 Å². The van der Waals surface area contributed by atoms with Crippen molar-refractivity contribution in [1.29, 1.82) is 0 Å². The molecule has 3 fully saturated rings. The highest BCUT2D eigenvalue weighted by molar-refractivity contribution is 5.90. The molecule has 0 unspecified atom stereocenters. The lowest BCUT2D eigenvalue weighted by Gasteiger charge is -2.37. The van der Waals surface area contributed by atoms with Crippen molar-refractivity contribution in [3.8, 4) is 0 Å². The molecule has 0 radical (unpaired) electrons. The highest BCUT2D eigenvalue weighted by atomic mass is 16.5. The van der Waals surface area contributed by atoms with Crippen molar-refractivity contribution in [2.75, 3.05) is 19.6 Å². The van der Waals surface area contributed by atoms with Crippen molar-refractivity contribution in [2.45, 2.75) is 37.6 Å². The van der Waals surface area contributed by atoms with E-state index in [4.69, 9.17) is 5.21 Å². The topological polar surface area (TPSA) is 81.7 Å². The van der Waals surface area contributed by atoms with E-state index in [2.05, 4.69) is 17.4 Å². The minimum absolute atomic E-state index is 0.0115. The molecular weight excluding hydrogens is 318 g/mol. The summed E-state index contributed by atoms with van der Waals surface area (Å²) in [5.41, 5.74) is 3.18. The number of piperidine rings is 1. The fourth-order valence-electron chi connectivity index (χ4n) is 4.42. The third-order valence-corrected chi connectivity index (χ3v) is 6.19. The minimum Gasteiger partial charge on any atom is -0.341 e. The van der Waals surface area contributed by atoms with E-state index < -0.39 is 17.9 Å². The summed E-state index contributed by atoms with van der Waals surface area (Å²) in [7, 11) is 0. The first-order chi connectivity index (χ1) is 12.1. The summed E-state index contributed by atoms with van der Waals surface area (Å²) < 4.78 is 0. The van der Waals surface area contributed by atoms with E-state index in [1.165, 1.54) is 5.56 Å². The van der Waals surface area contributed by atoms with Gasteiger partial charge in [-0.1, -0.05) is 30.3 Å². The summed E-state index contributed by atoms with van der Waals surface area (Å²) in [5.74, 6) is -0.601. The molecule has 4 rings (SSSR count). The van der Waals surface area contributed by atoms with Gasteiger partial charge in [0.05, 0.1) is 12.0 Å². The standard InChI is InChI=1S/C19H25N3O3/c23-17(21-25)15-10-19(7-8-19)12-20-16(15)18(24)22-9-6-14(11-22)13-4-2-1-3-5-13/h1-5,14-16,20,25H,6-12H2,(H,21,23)/t14-,15-,16-/m0/s1. The SMILES string of the molecule is O=C(NO)[C@H]1CC2(CC2)CN[C@@H]1C(=O)N1CC[C@H](c2ccccc2)C1. The number of hydroxylamine groups is 1. The number of nitrogens with one attached hydrogen (secondary N) is 2. The maximum Gasteiger partial charge on any atom is 0.248 e. The monoisotopic (exact) mass is 343 g/mol. The second-order valence-electron chi connectivity index (χ2n) is 7.83. The molecule has 3 N–H and O–H groups in total. The van der Waals surface area contributed by atoms with Crippen molar-refractivity contribution < 1.29 is 14.8 Å². The predicted molar refractivity (Wildman–Crippen MR) is 91.9 cm³/mol. The second-order valence-corrected chi connectivity index (χ2v) is 7.83. The first kappa shape index (κ1) is 16.5. The van der Waals surface area contributed by atoms with E-state index in [1.807, 2.05) is 23.1 Å². The summed E-state index contributed by atoms with van der Waals surface area (Å²) >= 11 is 0. The van der Waals surface area contributed by atoms with Crippen molar-refractivity contribution in [3.63, 3.8) is 0 Å². The summed E-state index contributed by atoms with van der Waals surface area (Å²) in [6.45, 7) is 2.20. The zero-order valence-electron chi connectivity index (χ0n) is 14.3. The van der Waals surface area contributed by atoms with Crippen LogP contribution in [0.2, 0.25) is 0 Å². The Bertz CT molecular complexity index is 659. The number of hydrogen-bond acceptors (Lipinski definition) is 4. The molecule has 0 aromatic heterocycles. The number of amides is 2.